The van der Waals surface area contributed by atoms with Crippen LogP contribution in [0.4, 0.5) is 5.95 Å². The standard InChI is InChI=1S/C41H52N5O8PSi/c1-25(2)36(47)44-39-43-35-32(37(48)45-39)42-24-46(35)38-34(53-55(49)50)33(54-56(8,9)40(5,6)7)31(52-38)23-51-41(28-13-11-10-12-14-28,29-19-15-26(3)16-20-29)30-21-17-27(4)18-22-30/h10-22,24-25,31,33-34,38,55H,23H2,1-9H3,(H,49,50)(H2,43,44,45,47,48)/t31-,33?,34+,38-/m1/s1. The van der Waals surface area contributed by atoms with E-state index in [4.69, 9.17) is 18.4 Å². The number of aromatic nitrogens is 4. The van der Waals surface area contributed by atoms with Crippen LogP contribution >= 0.6 is 8.25 Å². The number of aromatic amines is 1. The number of imidazole rings is 1. The topological polar surface area (TPSA) is 167 Å². The number of anilines is 1. The molecule has 1 fully saturated rings. The Morgan fingerprint density at radius 3 is 2.07 bits per heavy atom. The molecular weight excluding hydrogens is 750 g/mol. The maximum atomic E-state index is 13.2. The molecule has 0 bridgehead atoms. The number of rotatable bonds is 13. The minimum atomic E-state index is -3.57. The quantitative estimate of drug-likeness (QED) is 0.0621. The molecule has 5 aromatic rings. The van der Waals surface area contributed by atoms with Crippen LogP contribution < -0.4 is 10.9 Å². The zero-order valence-electron chi connectivity index (χ0n) is 33.3. The molecule has 5 atom stereocenters. The first-order valence-electron chi connectivity index (χ1n) is 18.8. The van der Waals surface area contributed by atoms with Crippen LogP contribution in [0.1, 0.15) is 68.7 Å². The molecule has 1 amide bonds. The Labute approximate surface area is 328 Å². The summed E-state index contributed by atoms with van der Waals surface area (Å²) < 4.78 is 41.2. The van der Waals surface area contributed by atoms with Crippen LogP contribution in [-0.4, -0.2) is 63.6 Å². The molecule has 2 unspecified atom stereocenters. The predicted molar refractivity (Wildman–Crippen MR) is 218 cm³/mol. The van der Waals surface area contributed by atoms with Crippen molar-refractivity contribution in [1.82, 2.24) is 19.5 Å². The van der Waals surface area contributed by atoms with Crippen molar-refractivity contribution in [2.75, 3.05) is 11.9 Å². The molecule has 3 aromatic carbocycles. The van der Waals surface area contributed by atoms with E-state index in [1.165, 1.54) is 10.9 Å². The molecular formula is C41H52N5O8PSi. The van der Waals surface area contributed by atoms with E-state index in [1.807, 2.05) is 44.2 Å². The van der Waals surface area contributed by atoms with Gasteiger partial charge in [0.15, 0.2) is 25.7 Å². The lowest BCUT2D eigenvalue weighted by Gasteiger charge is -2.41. The van der Waals surface area contributed by atoms with Crippen LogP contribution in [0.25, 0.3) is 11.2 Å². The molecule has 6 rings (SSSR count). The molecule has 0 saturated carbocycles. The lowest BCUT2D eigenvalue weighted by Crippen LogP contribution is -2.50. The number of amides is 1. The fourth-order valence-electron chi connectivity index (χ4n) is 6.61. The third kappa shape index (κ3) is 8.38. The van der Waals surface area contributed by atoms with Crippen molar-refractivity contribution < 1.29 is 32.7 Å². The van der Waals surface area contributed by atoms with Crippen LogP contribution in [0.3, 0.4) is 0 Å². The highest BCUT2D eigenvalue weighted by Gasteiger charge is 2.53. The minimum absolute atomic E-state index is 0.0186. The fourth-order valence-corrected chi connectivity index (χ4v) is 8.41. The number of ether oxygens (including phenoxy) is 2. The van der Waals surface area contributed by atoms with E-state index in [0.29, 0.717) is 0 Å². The molecule has 3 N–H and O–H groups in total. The van der Waals surface area contributed by atoms with E-state index in [1.54, 1.807) is 13.8 Å². The Morgan fingerprint density at radius 2 is 1.54 bits per heavy atom. The molecule has 1 saturated heterocycles. The lowest BCUT2D eigenvalue weighted by atomic mass is 9.79. The Bertz CT molecular complexity index is 2190. The number of benzene rings is 3. The number of fused-ring (bicyclic) bond motifs is 1. The van der Waals surface area contributed by atoms with E-state index in [-0.39, 0.29) is 40.6 Å². The average Bonchev–Trinajstić information content (AvgIpc) is 3.70. The summed E-state index contributed by atoms with van der Waals surface area (Å²) in [5.74, 6) is -0.803. The first-order valence-corrected chi connectivity index (χ1v) is 22.9. The van der Waals surface area contributed by atoms with Gasteiger partial charge >= 0.3 is 8.25 Å². The maximum absolute atomic E-state index is 13.2. The molecule has 0 spiro atoms. The van der Waals surface area contributed by atoms with Crippen LogP contribution in [-0.2, 0) is 33.4 Å². The molecule has 56 heavy (non-hydrogen) atoms. The molecule has 13 nitrogen and oxygen atoms in total. The van der Waals surface area contributed by atoms with Gasteiger partial charge in [0, 0.05) is 5.92 Å². The first-order chi connectivity index (χ1) is 26.4. The van der Waals surface area contributed by atoms with Gasteiger partial charge in [-0.2, -0.15) is 4.98 Å². The minimum Gasteiger partial charge on any atom is -0.408 e. The summed E-state index contributed by atoms with van der Waals surface area (Å²) in [6, 6.07) is 26.4. The molecule has 0 radical (unpaired) electrons. The van der Waals surface area contributed by atoms with Crippen molar-refractivity contribution in [1.29, 1.82) is 0 Å². The van der Waals surface area contributed by atoms with Gasteiger partial charge in [0.1, 0.15) is 23.9 Å². The number of nitrogens with one attached hydrogen (secondary N) is 2. The van der Waals surface area contributed by atoms with Crippen LogP contribution in [0.2, 0.25) is 18.1 Å². The van der Waals surface area contributed by atoms with Crippen molar-refractivity contribution in [2.45, 2.75) is 96.7 Å². The van der Waals surface area contributed by atoms with Crippen molar-refractivity contribution in [3.05, 3.63) is 123 Å². The first kappa shape index (κ1) is 41.4. The summed E-state index contributed by atoms with van der Waals surface area (Å²) >= 11 is 0. The molecule has 1 aliphatic heterocycles. The lowest BCUT2D eigenvalue weighted by molar-refractivity contribution is -0.118. The van der Waals surface area contributed by atoms with Crippen molar-refractivity contribution >= 4 is 39.6 Å². The van der Waals surface area contributed by atoms with Crippen molar-refractivity contribution in [2.24, 2.45) is 5.92 Å². The summed E-state index contributed by atoms with van der Waals surface area (Å²) in [5, 5.41) is 2.38. The van der Waals surface area contributed by atoms with Crippen LogP contribution in [0.15, 0.2) is 90.0 Å². The SMILES string of the molecule is Cc1ccc(C(OC[C@H]2O[C@@H](n3cnc4c(=O)[nH]c(NC(=O)C(C)C)nc43)[C@@H](O[PH](=O)O)C2O[Si](C)(C)C(C)(C)C)(c2ccccc2)c2ccc(C)cc2)cc1. The van der Waals surface area contributed by atoms with Gasteiger partial charge in [0.05, 0.1) is 12.9 Å². The van der Waals surface area contributed by atoms with Gasteiger partial charge in [-0.05, 0) is 48.7 Å². The zero-order valence-corrected chi connectivity index (χ0v) is 35.3. The maximum Gasteiger partial charge on any atom is 0.317 e. The highest BCUT2D eigenvalue weighted by atomic mass is 31.1. The molecule has 2 aromatic heterocycles. The third-order valence-corrected chi connectivity index (χ3v) is 15.7. The predicted octanol–water partition coefficient (Wildman–Crippen LogP) is 7.39. The van der Waals surface area contributed by atoms with Crippen LogP contribution in [0, 0.1) is 19.8 Å². The number of hydrogen-bond donors (Lipinski definition) is 3. The number of carbonyl (C=O) groups excluding carboxylic acids is 1. The summed E-state index contributed by atoms with van der Waals surface area (Å²) in [4.78, 5) is 47.6. The van der Waals surface area contributed by atoms with Gasteiger partial charge in [-0.15, -0.1) is 0 Å². The highest BCUT2D eigenvalue weighted by molar-refractivity contribution is 7.32. The smallest absolute Gasteiger partial charge is 0.317 e. The van der Waals surface area contributed by atoms with E-state index in [0.717, 1.165) is 27.8 Å². The summed E-state index contributed by atoms with van der Waals surface area (Å²) in [7, 11) is -6.20. The van der Waals surface area contributed by atoms with E-state index in [2.05, 4.69) is 103 Å². The Balaban J connectivity index is 1.50. The van der Waals surface area contributed by atoms with E-state index in [9.17, 15) is 19.0 Å². The Hall–Kier alpha value is -4.27. The van der Waals surface area contributed by atoms with Gasteiger partial charge in [-0.3, -0.25) is 33.5 Å². The van der Waals surface area contributed by atoms with Crippen molar-refractivity contribution in [3.63, 3.8) is 0 Å². The largest absolute Gasteiger partial charge is 0.408 e. The summed E-state index contributed by atoms with van der Waals surface area (Å²) in [6.07, 6.45) is -2.70. The summed E-state index contributed by atoms with van der Waals surface area (Å²) in [5.41, 5.74) is 3.21. The molecule has 15 heteroatoms. The highest BCUT2D eigenvalue weighted by Crippen LogP contribution is 2.46. The van der Waals surface area contributed by atoms with Gasteiger partial charge in [-0.25, -0.2) is 4.98 Å². The van der Waals surface area contributed by atoms with Gasteiger partial charge in [-0.1, -0.05) is 125 Å². The third-order valence-electron chi connectivity index (χ3n) is 10.8. The second-order valence-electron chi connectivity index (χ2n) is 16.2. The number of nitrogens with zero attached hydrogens (tertiary/aromatic N) is 3. The fraction of sp³-hybridized carbons (Fsp3) is 0.415. The zero-order chi connectivity index (χ0) is 40.6. The summed E-state index contributed by atoms with van der Waals surface area (Å²) in [6.45, 7) is 17.9. The van der Waals surface area contributed by atoms with Gasteiger partial charge in [0.25, 0.3) is 5.56 Å². The molecule has 3 heterocycles. The van der Waals surface area contributed by atoms with Gasteiger partial charge in [0.2, 0.25) is 11.9 Å². The van der Waals surface area contributed by atoms with Gasteiger partial charge < -0.3 is 18.8 Å². The number of hydrogen-bond acceptors (Lipinski definition) is 9. The molecule has 1 aliphatic rings. The molecule has 298 valence electrons. The number of aryl methyl sites for hydroxylation is 2. The second kappa shape index (κ2) is 16.3. The van der Waals surface area contributed by atoms with Crippen molar-refractivity contribution in [3.8, 4) is 0 Å². The number of H-pyrrole nitrogens is 1. The second-order valence-corrected chi connectivity index (χ2v) is 21.8. The Kier molecular flexibility index (Phi) is 12.0. The Morgan fingerprint density at radius 1 is 0.964 bits per heavy atom. The average molecular weight is 802 g/mol. The van der Waals surface area contributed by atoms with E-state index >= 15 is 0 Å². The normalized spacial score (nSPS) is 19.8. The molecule has 0 aliphatic carbocycles. The number of carbonyl (C=O) groups is 1. The monoisotopic (exact) mass is 801 g/mol. The van der Waals surface area contributed by atoms with Crippen LogP contribution in [0.5, 0.6) is 0 Å². The van der Waals surface area contributed by atoms with E-state index < -0.39 is 52.3 Å².